The average molecular weight is 296 g/mol. The third-order valence-electron chi connectivity index (χ3n) is 3.11. The third-order valence-corrected chi connectivity index (χ3v) is 4.18. The van der Waals surface area contributed by atoms with Gasteiger partial charge in [0.05, 0.1) is 12.7 Å². The van der Waals surface area contributed by atoms with E-state index in [1.807, 2.05) is 29.6 Å². The van der Waals surface area contributed by atoms with E-state index in [0.29, 0.717) is 6.61 Å². The van der Waals surface area contributed by atoms with Gasteiger partial charge in [0, 0.05) is 11.1 Å². The van der Waals surface area contributed by atoms with Gasteiger partial charge in [0.2, 0.25) is 0 Å². The molecule has 0 amide bonds. The highest BCUT2D eigenvalue weighted by Crippen LogP contribution is 2.26. The minimum atomic E-state index is -0.0764. The smallest absolute Gasteiger partial charge is 0.0988 e. The predicted octanol–water partition coefficient (Wildman–Crippen LogP) is 4.40. The van der Waals surface area contributed by atoms with Crippen LogP contribution in [0.3, 0.4) is 0 Å². The molecule has 2 aromatic rings. The van der Waals surface area contributed by atoms with Crippen LogP contribution >= 0.6 is 22.9 Å². The normalized spacial score (nSPS) is 14.3. The molecule has 19 heavy (non-hydrogen) atoms. The zero-order valence-corrected chi connectivity index (χ0v) is 12.5. The van der Waals surface area contributed by atoms with Crippen LogP contribution in [0.25, 0.3) is 0 Å². The Morgan fingerprint density at radius 1 is 1.32 bits per heavy atom. The summed E-state index contributed by atoms with van der Waals surface area (Å²) in [6.45, 7) is 2.55. The minimum Gasteiger partial charge on any atom is -0.367 e. The third kappa shape index (κ3) is 3.80. The summed E-state index contributed by atoms with van der Waals surface area (Å²) in [5, 5.41) is 4.87. The second kappa shape index (κ2) is 7.06. The molecule has 1 aromatic carbocycles. The molecule has 1 heterocycles. The molecule has 0 saturated carbocycles. The highest BCUT2D eigenvalue weighted by molar-refractivity contribution is 7.07. The fourth-order valence-electron chi connectivity index (χ4n) is 1.91. The average Bonchev–Trinajstić information content (AvgIpc) is 2.94. The van der Waals surface area contributed by atoms with E-state index in [1.54, 1.807) is 11.3 Å². The first-order valence-corrected chi connectivity index (χ1v) is 7.67. The molecule has 102 valence electrons. The van der Waals surface area contributed by atoms with Crippen LogP contribution in [0.4, 0.5) is 0 Å². The van der Waals surface area contributed by atoms with E-state index in [9.17, 15) is 0 Å². The molecule has 0 saturated heterocycles. The van der Waals surface area contributed by atoms with Gasteiger partial charge in [0.25, 0.3) is 0 Å². The summed E-state index contributed by atoms with van der Waals surface area (Å²) >= 11 is 7.80. The molecule has 0 spiro atoms. The number of benzene rings is 1. The molecule has 0 aliphatic rings. The van der Waals surface area contributed by atoms with Gasteiger partial charge in [-0.25, -0.2) is 0 Å². The highest BCUT2D eigenvalue weighted by atomic mass is 35.5. The van der Waals surface area contributed by atoms with Crippen molar-refractivity contribution in [1.82, 2.24) is 0 Å². The Morgan fingerprint density at radius 2 is 2.11 bits per heavy atom. The van der Waals surface area contributed by atoms with E-state index in [4.69, 9.17) is 22.1 Å². The predicted molar refractivity (Wildman–Crippen MR) is 81.6 cm³/mol. The van der Waals surface area contributed by atoms with Gasteiger partial charge >= 0.3 is 0 Å². The van der Waals surface area contributed by atoms with Crippen LogP contribution in [0.5, 0.6) is 0 Å². The Balaban J connectivity index is 2.07. The Bertz CT molecular complexity index is 501. The summed E-state index contributed by atoms with van der Waals surface area (Å²) in [7, 11) is 0. The molecule has 2 unspecified atom stereocenters. The van der Waals surface area contributed by atoms with Crippen molar-refractivity contribution in [3.05, 3.63) is 57.2 Å². The molecule has 2 N–H and O–H groups in total. The summed E-state index contributed by atoms with van der Waals surface area (Å²) in [6.07, 6.45) is 0.802. The quantitative estimate of drug-likeness (QED) is 0.857. The van der Waals surface area contributed by atoms with Gasteiger partial charge in [-0.1, -0.05) is 36.7 Å². The van der Waals surface area contributed by atoms with Gasteiger partial charge in [-0.3, -0.25) is 0 Å². The molecular weight excluding hydrogens is 278 g/mol. The van der Waals surface area contributed by atoms with Gasteiger partial charge in [0.15, 0.2) is 0 Å². The van der Waals surface area contributed by atoms with Crippen molar-refractivity contribution in [3.8, 4) is 0 Å². The van der Waals surface area contributed by atoms with Crippen LogP contribution in [0.1, 0.15) is 30.6 Å². The number of hydrogen-bond acceptors (Lipinski definition) is 3. The summed E-state index contributed by atoms with van der Waals surface area (Å²) in [6, 6.07) is 9.79. The largest absolute Gasteiger partial charge is 0.367 e. The Hall–Kier alpha value is -0.870. The lowest BCUT2D eigenvalue weighted by molar-refractivity contribution is 0.0216. The van der Waals surface area contributed by atoms with Crippen molar-refractivity contribution in [1.29, 1.82) is 0 Å². The van der Waals surface area contributed by atoms with Crippen LogP contribution in [-0.2, 0) is 11.3 Å². The molecule has 2 nitrogen and oxygen atoms in total. The lowest BCUT2D eigenvalue weighted by Crippen LogP contribution is -2.29. The van der Waals surface area contributed by atoms with E-state index >= 15 is 0 Å². The second-order valence-corrected chi connectivity index (χ2v) is 5.64. The van der Waals surface area contributed by atoms with Crippen LogP contribution in [0, 0.1) is 0 Å². The van der Waals surface area contributed by atoms with Crippen molar-refractivity contribution >= 4 is 22.9 Å². The minimum absolute atomic E-state index is 0.00270. The number of rotatable bonds is 6. The monoisotopic (exact) mass is 295 g/mol. The van der Waals surface area contributed by atoms with Crippen molar-refractivity contribution in [2.45, 2.75) is 32.1 Å². The van der Waals surface area contributed by atoms with E-state index in [1.165, 1.54) is 0 Å². The Labute approximate surface area is 123 Å². The highest BCUT2D eigenvalue weighted by Gasteiger charge is 2.20. The van der Waals surface area contributed by atoms with E-state index in [0.717, 1.165) is 22.6 Å². The number of ether oxygens (including phenoxy) is 1. The van der Waals surface area contributed by atoms with Crippen LogP contribution in [-0.4, -0.2) is 6.04 Å². The topological polar surface area (TPSA) is 35.2 Å². The SMILES string of the molecule is CCC(N)C(OCc1ccccc1Cl)c1ccsc1. The summed E-state index contributed by atoms with van der Waals surface area (Å²) in [4.78, 5) is 0. The van der Waals surface area contributed by atoms with Crippen molar-refractivity contribution in [2.75, 3.05) is 0 Å². The van der Waals surface area contributed by atoms with Gasteiger partial charge in [-0.15, -0.1) is 0 Å². The standard InChI is InChI=1S/C15H18ClNOS/c1-2-14(17)15(12-7-8-19-10-12)18-9-11-5-3-4-6-13(11)16/h3-8,10,14-15H,2,9,17H2,1H3. The molecule has 2 rings (SSSR count). The van der Waals surface area contributed by atoms with Crippen molar-refractivity contribution < 1.29 is 4.74 Å². The molecule has 0 radical (unpaired) electrons. The fourth-order valence-corrected chi connectivity index (χ4v) is 2.79. The maximum atomic E-state index is 6.16. The lowest BCUT2D eigenvalue weighted by atomic mass is 10.0. The maximum Gasteiger partial charge on any atom is 0.0988 e. The summed E-state index contributed by atoms with van der Waals surface area (Å²) in [5.41, 5.74) is 8.30. The van der Waals surface area contributed by atoms with Crippen molar-refractivity contribution in [3.63, 3.8) is 0 Å². The summed E-state index contributed by atoms with van der Waals surface area (Å²) < 4.78 is 6.00. The second-order valence-electron chi connectivity index (χ2n) is 4.45. The van der Waals surface area contributed by atoms with Crippen LogP contribution in [0.2, 0.25) is 5.02 Å². The maximum absolute atomic E-state index is 6.16. The first-order valence-electron chi connectivity index (χ1n) is 6.35. The van der Waals surface area contributed by atoms with Gasteiger partial charge in [-0.05, 0) is 40.4 Å². The number of thiophene rings is 1. The van der Waals surface area contributed by atoms with E-state index in [2.05, 4.69) is 18.4 Å². The summed E-state index contributed by atoms with van der Waals surface area (Å²) in [5.74, 6) is 0. The zero-order valence-electron chi connectivity index (χ0n) is 10.9. The molecule has 1 aromatic heterocycles. The molecular formula is C15H18ClNOS. The van der Waals surface area contributed by atoms with Gasteiger partial charge < -0.3 is 10.5 Å². The number of hydrogen-bond donors (Lipinski definition) is 1. The van der Waals surface area contributed by atoms with Crippen LogP contribution in [0.15, 0.2) is 41.1 Å². The number of halogens is 1. The molecule has 0 bridgehead atoms. The lowest BCUT2D eigenvalue weighted by Gasteiger charge is -2.23. The van der Waals surface area contributed by atoms with Crippen molar-refractivity contribution in [2.24, 2.45) is 5.73 Å². The van der Waals surface area contributed by atoms with Crippen LogP contribution < -0.4 is 5.73 Å². The molecule has 4 heteroatoms. The molecule has 0 aliphatic carbocycles. The molecule has 2 atom stereocenters. The zero-order chi connectivity index (χ0) is 13.7. The Morgan fingerprint density at radius 3 is 2.74 bits per heavy atom. The molecule has 0 aliphatic heterocycles. The molecule has 0 fully saturated rings. The number of nitrogens with two attached hydrogens (primary N) is 1. The first kappa shape index (κ1) is 14.5. The van der Waals surface area contributed by atoms with Gasteiger partial charge in [0.1, 0.15) is 0 Å². The van der Waals surface area contributed by atoms with Gasteiger partial charge in [-0.2, -0.15) is 11.3 Å². The van der Waals surface area contributed by atoms with E-state index in [-0.39, 0.29) is 12.1 Å². The first-order chi connectivity index (χ1) is 9.22. The van der Waals surface area contributed by atoms with E-state index < -0.39 is 0 Å². The fraction of sp³-hybridized carbons (Fsp3) is 0.333. The Kier molecular flexibility index (Phi) is 5.40.